The van der Waals surface area contributed by atoms with Crippen molar-refractivity contribution in [2.75, 3.05) is 7.11 Å². The number of carbonyl (C=O) groups is 1. The van der Waals surface area contributed by atoms with Gasteiger partial charge in [-0.1, -0.05) is 60.7 Å². The molecule has 0 saturated heterocycles. The highest BCUT2D eigenvalue weighted by atomic mass is 32.1. The largest absolute Gasteiger partial charge is 0.479 e. The molecule has 0 unspecified atom stereocenters. The smallest absolute Gasteiger partial charge is 0.373 e. The zero-order chi connectivity index (χ0) is 18.4. The molecule has 5 heteroatoms. The van der Waals surface area contributed by atoms with E-state index < -0.39 is 5.97 Å². The maximum Gasteiger partial charge on any atom is 0.373 e. The van der Waals surface area contributed by atoms with E-state index in [9.17, 15) is 4.79 Å². The minimum atomic E-state index is -0.509. The zero-order valence-electron chi connectivity index (χ0n) is 14.6. The molecule has 0 saturated carbocycles. The summed E-state index contributed by atoms with van der Waals surface area (Å²) in [7, 11) is 1.34. The highest BCUT2D eigenvalue weighted by Gasteiger charge is 2.15. The molecule has 0 radical (unpaired) electrons. The number of aromatic nitrogens is 1. The van der Waals surface area contributed by atoms with Crippen LogP contribution in [0, 0.1) is 6.92 Å². The van der Waals surface area contributed by atoms with E-state index in [1.165, 1.54) is 7.11 Å². The maximum atomic E-state index is 12.0. The van der Waals surface area contributed by atoms with Gasteiger partial charge < -0.3 is 9.47 Å². The molecule has 132 valence electrons. The van der Waals surface area contributed by atoms with Crippen LogP contribution in [0.3, 0.4) is 0 Å². The van der Waals surface area contributed by atoms with Gasteiger partial charge in [0.05, 0.1) is 12.8 Å². The normalized spacial score (nSPS) is 11.2. The molecule has 3 rings (SSSR count). The van der Waals surface area contributed by atoms with Crippen molar-refractivity contribution in [1.82, 2.24) is 4.98 Å². The summed E-state index contributed by atoms with van der Waals surface area (Å²) in [5.74, 6) is -0.349. The molecule has 0 aliphatic carbocycles. The Kier molecular flexibility index (Phi) is 5.81. The Morgan fingerprint density at radius 2 is 1.73 bits per heavy atom. The summed E-state index contributed by atoms with van der Waals surface area (Å²) in [5, 5.41) is 0.809. The highest BCUT2D eigenvalue weighted by Crippen LogP contribution is 2.28. The molecule has 4 nitrogen and oxygen atoms in total. The number of thiazole rings is 1. The fourth-order valence-corrected chi connectivity index (χ4v) is 3.35. The third kappa shape index (κ3) is 4.37. The van der Waals surface area contributed by atoms with Gasteiger partial charge in [-0.05, 0) is 18.6 Å². The van der Waals surface area contributed by atoms with Crippen LogP contribution in [0.2, 0.25) is 0 Å². The SMILES string of the molecule is COC(=O)C(=Cc1ccccc1)OCc1nc(-c2ccccc2)c(C)s1. The first-order valence-corrected chi connectivity index (χ1v) is 8.98. The van der Waals surface area contributed by atoms with Crippen LogP contribution in [0.1, 0.15) is 15.4 Å². The summed E-state index contributed by atoms with van der Waals surface area (Å²) in [6.07, 6.45) is 1.67. The standard InChI is InChI=1S/C21H19NO3S/c1-15-20(17-11-7-4-8-12-17)22-19(26-15)14-25-18(21(23)24-2)13-16-9-5-3-6-10-16/h3-13H,14H2,1-2H3. The van der Waals surface area contributed by atoms with E-state index in [0.29, 0.717) is 0 Å². The van der Waals surface area contributed by atoms with Gasteiger partial charge in [-0.3, -0.25) is 0 Å². The van der Waals surface area contributed by atoms with Crippen LogP contribution in [-0.2, 0) is 20.9 Å². The molecule has 0 aliphatic rings. The number of hydrogen-bond donors (Lipinski definition) is 0. The molecule has 26 heavy (non-hydrogen) atoms. The first kappa shape index (κ1) is 17.9. The number of rotatable bonds is 6. The minimum Gasteiger partial charge on any atom is -0.479 e. The van der Waals surface area contributed by atoms with Gasteiger partial charge in [-0.2, -0.15) is 0 Å². The monoisotopic (exact) mass is 365 g/mol. The summed E-state index contributed by atoms with van der Waals surface area (Å²) >= 11 is 1.56. The Morgan fingerprint density at radius 3 is 2.38 bits per heavy atom. The fourth-order valence-electron chi connectivity index (χ4n) is 2.48. The molecule has 0 bridgehead atoms. The quantitative estimate of drug-likeness (QED) is 0.356. The molecule has 2 aromatic carbocycles. The molecule has 0 fully saturated rings. The Bertz CT molecular complexity index is 902. The van der Waals surface area contributed by atoms with Gasteiger partial charge in [0.25, 0.3) is 0 Å². The van der Waals surface area contributed by atoms with Crippen LogP contribution in [0.25, 0.3) is 17.3 Å². The molecule has 3 aromatic rings. The Morgan fingerprint density at radius 1 is 1.08 bits per heavy atom. The van der Waals surface area contributed by atoms with Gasteiger partial charge in [0, 0.05) is 10.4 Å². The number of hydrogen-bond acceptors (Lipinski definition) is 5. The molecular weight excluding hydrogens is 346 g/mol. The number of carbonyl (C=O) groups excluding carboxylic acids is 1. The number of methoxy groups -OCH3 is 1. The maximum absolute atomic E-state index is 12.0. The Balaban J connectivity index is 1.78. The van der Waals surface area contributed by atoms with Crippen molar-refractivity contribution in [3.63, 3.8) is 0 Å². The van der Waals surface area contributed by atoms with E-state index >= 15 is 0 Å². The molecule has 0 N–H and O–H groups in total. The van der Waals surface area contributed by atoms with Crippen molar-refractivity contribution in [1.29, 1.82) is 0 Å². The van der Waals surface area contributed by atoms with Gasteiger partial charge in [0.1, 0.15) is 11.6 Å². The van der Waals surface area contributed by atoms with Crippen molar-refractivity contribution < 1.29 is 14.3 Å². The van der Waals surface area contributed by atoms with Gasteiger partial charge in [0.2, 0.25) is 5.76 Å². The van der Waals surface area contributed by atoms with Gasteiger partial charge in [-0.15, -0.1) is 11.3 Å². The van der Waals surface area contributed by atoms with Crippen LogP contribution in [0.4, 0.5) is 0 Å². The van der Waals surface area contributed by atoms with Crippen molar-refractivity contribution in [3.05, 3.63) is 81.9 Å². The van der Waals surface area contributed by atoms with E-state index in [1.807, 2.05) is 67.6 Å². The summed E-state index contributed by atoms with van der Waals surface area (Å²) in [4.78, 5) is 17.8. The topological polar surface area (TPSA) is 48.4 Å². The minimum absolute atomic E-state index is 0.160. The van der Waals surface area contributed by atoms with Crippen molar-refractivity contribution in [3.8, 4) is 11.3 Å². The van der Waals surface area contributed by atoms with Gasteiger partial charge in [0.15, 0.2) is 0 Å². The van der Waals surface area contributed by atoms with E-state index in [1.54, 1.807) is 17.4 Å². The van der Waals surface area contributed by atoms with Crippen LogP contribution >= 0.6 is 11.3 Å². The van der Waals surface area contributed by atoms with Crippen LogP contribution < -0.4 is 0 Å². The molecule has 0 amide bonds. The third-order valence-electron chi connectivity index (χ3n) is 3.72. The summed E-state index contributed by atoms with van der Waals surface area (Å²) in [5.41, 5.74) is 2.88. The molecule has 1 heterocycles. The van der Waals surface area contributed by atoms with Gasteiger partial charge in [-0.25, -0.2) is 9.78 Å². The second kappa shape index (κ2) is 8.45. The van der Waals surface area contributed by atoms with Crippen LogP contribution in [0.5, 0.6) is 0 Å². The first-order valence-electron chi connectivity index (χ1n) is 8.17. The predicted octanol–water partition coefficient (Wildman–Crippen LogP) is 4.85. The lowest BCUT2D eigenvalue weighted by Gasteiger charge is -2.07. The number of aryl methyl sites for hydroxylation is 1. The second-order valence-corrected chi connectivity index (χ2v) is 6.87. The number of ether oxygens (including phenoxy) is 2. The fraction of sp³-hybridized carbons (Fsp3) is 0.143. The van der Waals surface area contributed by atoms with E-state index in [4.69, 9.17) is 9.47 Å². The lowest BCUT2D eigenvalue weighted by atomic mass is 10.1. The average molecular weight is 365 g/mol. The van der Waals surface area contributed by atoms with E-state index in [0.717, 1.165) is 26.7 Å². The zero-order valence-corrected chi connectivity index (χ0v) is 15.5. The summed E-state index contributed by atoms with van der Waals surface area (Å²) in [6.45, 7) is 2.25. The van der Waals surface area contributed by atoms with E-state index in [-0.39, 0.29) is 12.4 Å². The second-order valence-electron chi connectivity index (χ2n) is 5.58. The summed E-state index contributed by atoms with van der Waals surface area (Å²) < 4.78 is 10.5. The molecule has 0 spiro atoms. The summed E-state index contributed by atoms with van der Waals surface area (Å²) in [6, 6.07) is 19.5. The molecule has 0 atom stereocenters. The van der Waals surface area contributed by atoms with Crippen molar-refractivity contribution in [2.24, 2.45) is 0 Å². The first-order chi connectivity index (χ1) is 12.7. The Hall–Kier alpha value is -2.92. The number of nitrogens with zero attached hydrogens (tertiary/aromatic N) is 1. The lowest BCUT2D eigenvalue weighted by Crippen LogP contribution is -2.08. The average Bonchev–Trinajstić information content (AvgIpc) is 3.06. The van der Waals surface area contributed by atoms with Crippen molar-refractivity contribution >= 4 is 23.4 Å². The lowest BCUT2D eigenvalue weighted by molar-refractivity contribution is -0.140. The molecule has 0 aliphatic heterocycles. The molecular formula is C21H19NO3S. The van der Waals surface area contributed by atoms with Gasteiger partial charge >= 0.3 is 5.97 Å². The number of benzene rings is 2. The third-order valence-corrected chi connectivity index (χ3v) is 4.67. The highest BCUT2D eigenvalue weighted by molar-refractivity contribution is 7.12. The van der Waals surface area contributed by atoms with Crippen LogP contribution in [0.15, 0.2) is 66.4 Å². The predicted molar refractivity (Wildman–Crippen MR) is 104 cm³/mol. The molecule has 1 aromatic heterocycles. The van der Waals surface area contributed by atoms with Crippen LogP contribution in [-0.4, -0.2) is 18.1 Å². The number of esters is 1. The van der Waals surface area contributed by atoms with Crippen molar-refractivity contribution in [2.45, 2.75) is 13.5 Å². The van der Waals surface area contributed by atoms with E-state index in [2.05, 4.69) is 4.98 Å². The Labute approximate surface area is 156 Å².